The Labute approximate surface area is 94.2 Å². The van der Waals surface area contributed by atoms with E-state index in [4.69, 9.17) is 4.74 Å². The van der Waals surface area contributed by atoms with Crippen LogP contribution in [0.5, 0.6) is 0 Å². The third kappa shape index (κ3) is 2.45. The highest BCUT2D eigenvalue weighted by molar-refractivity contribution is 5.19. The largest absolute Gasteiger partial charge is 0.491 e. The van der Waals surface area contributed by atoms with Gasteiger partial charge in [0.25, 0.3) is 0 Å². The lowest BCUT2D eigenvalue weighted by Gasteiger charge is -2.45. The molecule has 0 heterocycles. The van der Waals surface area contributed by atoms with Crippen LogP contribution in [0.4, 0.5) is 0 Å². The Kier molecular flexibility index (Phi) is 3.32. The Hall–Kier alpha value is -0.720. The minimum absolute atomic E-state index is 0.126. The average Bonchev–Trinajstić information content (AvgIpc) is 2.55. The number of hydrogen-bond acceptors (Lipinski definition) is 1. The molecule has 0 unspecified atom stereocenters. The number of allylic oxidation sites excluding steroid dienone is 3. The monoisotopic (exact) mass is 208 g/mol. The molecule has 1 aliphatic rings. The molecule has 0 bridgehead atoms. The van der Waals surface area contributed by atoms with Gasteiger partial charge in [0.1, 0.15) is 11.4 Å². The van der Waals surface area contributed by atoms with E-state index in [-0.39, 0.29) is 11.0 Å². The summed E-state index contributed by atoms with van der Waals surface area (Å²) in [5.41, 5.74) is 0.0372. The zero-order chi connectivity index (χ0) is 11.7. The van der Waals surface area contributed by atoms with Crippen LogP contribution in [-0.4, -0.2) is 5.60 Å². The molecule has 0 fully saturated rings. The van der Waals surface area contributed by atoms with E-state index in [9.17, 15) is 0 Å². The van der Waals surface area contributed by atoms with Crippen molar-refractivity contribution in [1.82, 2.24) is 0 Å². The molecule has 0 aromatic rings. The van der Waals surface area contributed by atoms with Crippen molar-refractivity contribution in [2.24, 2.45) is 11.3 Å². The van der Waals surface area contributed by atoms with Gasteiger partial charge in [-0.15, -0.1) is 0 Å². The van der Waals surface area contributed by atoms with E-state index in [0.717, 1.165) is 12.2 Å². The second-order valence-corrected chi connectivity index (χ2v) is 5.75. The summed E-state index contributed by atoms with van der Waals surface area (Å²) in [6.45, 7) is 13.4. The first-order valence-electron chi connectivity index (χ1n) is 5.82. The maximum absolute atomic E-state index is 6.12. The van der Waals surface area contributed by atoms with E-state index < -0.39 is 0 Å². The summed E-state index contributed by atoms with van der Waals surface area (Å²) in [6.07, 6.45) is 7.21. The number of ether oxygens (including phenoxy) is 1. The molecular formula is C14H24O. The molecule has 0 radical (unpaired) electrons. The maximum Gasteiger partial charge on any atom is 0.108 e. The molecule has 86 valence electrons. The molecule has 0 N–H and O–H groups in total. The topological polar surface area (TPSA) is 9.23 Å². The van der Waals surface area contributed by atoms with E-state index in [0.29, 0.717) is 5.92 Å². The lowest BCUT2D eigenvalue weighted by atomic mass is 9.69. The Bertz CT molecular complexity index is 280. The molecule has 0 aromatic heterocycles. The highest BCUT2D eigenvalue weighted by Crippen LogP contribution is 2.42. The lowest BCUT2D eigenvalue weighted by molar-refractivity contribution is -0.0840. The van der Waals surface area contributed by atoms with Crippen molar-refractivity contribution in [2.45, 2.75) is 53.6 Å². The first-order chi connectivity index (χ1) is 6.77. The van der Waals surface area contributed by atoms with Gasteiger partial charge in [-0.25, -0.2) is 0 Å². The van der Waals surface area contributed by atoms with Gasteiger partial charge in [0.2, 0.25) is 0 Å². The molecule has 0 saturated heterocycles. The van der Waals surface area contributed by atoms with Crippen LogP contribution >= 0.6 is 0 Å². The maximum atomic E-state index is 6.12. The van der Waals surface area contributed by atoms with Crippen LogP contribution in [0.2, 0.25) is 0 Å². The van der Waals surface area contributed by atoms with Crippen molar-refractivity contribution in [3.05, 3.63) is 24.0 Å². The van der Waals surface area contributed by atoms with Crippen LogP contribution in [0.3, 0.4) is 0 Å². The third-order valence-corrected chi connectivity index (χ3v) is 4.12. The molecule has 0 amide bonds. The molecule has 1 rings (SSSR count). The lowest BCUT2D eigenvalue weighted by Crippen LogP contribution is -2.44. The first kappa shape index (κ1) is 12.4. The van der Waals surface area contributed by atoms with Crippen molar-refractivity contribution in [3.63, 3.8) is 0 Å². The minimum Gasteiger partial charge on any atom is -0.491 e. The van der Waals surface area contributed by atoms with E-state index in [1.807, 2.05) is 0 Å². The average molecular weight is 208 g/mol. The molecule has 0 aliphatic heterocycles. The Morgan fingerprint density at radius 1 is 1.20 bits per heavy atom. The van der Waals surface area contributed by atoms with Crippen LogP contribution in [0.25, 0.3) is 0 Å². The van der Waals surface area contributed by atoms with Crippen LogP contribution in [0.15, 0.2) is 24.0 Å². The van der Waals surface area contributed by atoms with Crippen LogP contribution in [0.1, 0.15) is 48.0 Å². The fourth-order valence-corrected chi connectivity index (χ4v) is 1.66. The normalized spacial score (nSPS) is 17.1. The van der Waals surface area contributed by atoms with Crippen LogP contribution in [0, 0.1) is 11.3 Å². The zero-order valence-corrected chi connectivity index (χ0v) is 10.9. The van der Waals surface area contributed by atoms with Gasteiger partial charge in [0, 0.05) is 11.8 Å². The summed E-state index contributed by atoms with van der Waals surface area (Å²) < 4.78 is 6.12. The third-order valence-electron chi connectivity index (χ3n) is 4.12. The van der Waals surface area contributed by atoms with Crippen LogP contribution in [-0.2, 0) is 4.74 Å². The summed E-state index contributed by atoms with van der Waals surface area (Å²) in [7, 11) is 0. The first-order valence-corrected chi connectivity index (χ1v) is 5.82. The molecule has 0 aromatic carbocycles. The van der Waals surface area contributed by atoms with Crippen molar-refractivity contribution in [3.8, 4) is 0 Å². The molecule has 1 aliphatic carbocycles. The zero-order valence-electron chi connectivity index (χ0n) is 10.9. The standard InChI is InChI=1S/C14H24O/c1-11(2)13(3,4)14(5,6)15-12-9-7-8-10-12/h7-9,11H,10H2,1-6H3. The van der Waals surface area contributed by atoms with Gasteiger partial charge in [0.15, 0.2) is 0 Å². The molecular weight excluding hydrogens is 184 g/mol. The molecule has 0 saturated carbocycles. The highest BCUT2D eigenvalue weighted by Gasteiger charge is 2.41. The van der Waals surface area contributed by atoms with Gasteiger partial charge in [-0.05, 0) is 25.8 Å². The van der Waals surface area contributed by atoms with Crippen molar-refractivity contribution >= 4 is 0 Å². The van der Waals surface area contributed by atoms with Crippen molar-refractivity contribution in [1.29, 1.82) is 0 Å². The SMILES string of the molecule is CC(C)C(C)(C)C(C)(C)OC1=CC=CC1. The van der Waals surface area contributed by atoms with Gasteiger partial charge < -0.3 is 4.74 Å². The fraction of sp³-hybridized carbons (Fsp3) is 0.714. The van der Waals surface area contributed by atoms with Gasteiger partial charge in [-0.3, -0.25) is 0 Å². The predicted octanol–water partition coefficient (Wildman–Crippen LogP) is 4.31. The molecule has 1 nitrogen and oxygen atoms in total. The number of hydrogen-bond donors (Lipinski definition) is 0. The summed E-state index contributed by atoms with van der Waals surface area (Å²) in [6, 6.07) is 0. The quantitative estimate of drug-likeness (QED) is 0.669. The Balaban J connectivity index is 2.73. The van der Waals surface area contributed by atoms with Gasteiger partial charge in [-0.2, -0.15) is 0 Å². The Morgan fingerprint density at radius 3 is 2.20 bits per heavy atom. The summed E-state index contributed by atoms with van der Waals surface area (Å²) in [5.74, 6) is 1.69. The molecule has 1 heteroatoms. The van der Waals surface area contributed by atoms with Crippen molar-refractivity contribution in [2.75, 3.05) is 0 Å². The fourth-order valence-electron chi connectivity index (χ4n) is 1.66. The summed E-state index contributed by atoms with van der Waals surface area (Å²) >= 11 is 0. The van der Waals surface area contributed by atoms with E-state index in [2.05, 4.69) is 59.8 Å². The summed E-state index contributed by atoms with van der Waals surface area (Å²) in [4.78, 5) is 0. The molecule has 0 spiro atoms. The van der Waals surface area contributed by atoms with E-state index in [1.165, 1.54) is 0 Å². The van der Waals surface area contributed by atoms with Crippen molar-refractivity contribution < 1.29 is 4.74 Å². The van der Waals surface area contributed by atoms with Gasteiger partial charge in [-0.1, -0.05) is 39.8 Å². The van der Waals surface area contributed by atoms with E-state index in [1.54, 1.807) is 0 Å². The highest BCUT2D eigenvalue weighted by atomic mass is 16.5. The molecule has 15 heavy (non-hydrogen) atoms. The smallest absolute Gasteiger partial charge is 0.108 e. The second-order valence-electron chi connectivity index (χ2n) is 5.75. The second kappa shape index (κ2) is 4.03. The van der Waals surface area contributed by atoms with E-state index >= 15 is 0 Å². The Morgan fingerprint density at radius 2 is 1.80 bits per heavy atom. The number of rotatable bonds is 4. The minimum atomic E-state index is -0.126. The molecule has 0 atom stereocenters. The van der Waals surface area contributed by atoms with Gasteiger partial charge in [0.05, 0.1) is 0 Å². The van der Waals surface area contributed by atoms with Crippen LogP contribution < -0.4 is 0 Å². The predicted molar refractivity (Wildman–Crippen MR) is 65.6 cm³/mol. The van der Waals surface area contributed by atoms with Gasteiger partial charge >= 0.3 is 0 Å². The summed E-state index contributed by atoms with van der Waals surface area (Å²) in [5, 5.41) is 0.